The second kappa shape index (κ2) is 21.0. The van der Waals surface area contributed by atoms with Crippen LogP contribution in [-0.2, 0) is 21.7 Å². The molecule has 0 spiro atoms. The first kappa shape index (κ1) is 56.9. The first-order chi connectivity index (χ1) is 45.0. The largest absolute Gasteiger partial charge is 0.456 e. The first-order valence-electron chi connectivity index (χ1n) is 33.5. The number of para-hydroxylation sites is 3. The highest BCUT2D eigenvalue weighted by Crippen LogP contribution is 2.53. The monoisotopic (exact) mass is 1200 g/mol. The van der Waals surface area contributed by atoms with Crippen LogP contribution in [0.3, 0.4) is 0 Å². The normalized spacial score (nSPS) is 15.6. The Balaban J connectivity index is 1.03. The quantitative estimate of drug-likeness (QED) is 0.138. The number of furan rings is 1. The smallest absolute Gasteiger partial charge is 0.198 e. The zero-order chi connectivity index (χ0) is 63.3. The van der Waals surface area contributed by atoms with Gasteiger partial charge in [-0.15, -0.1) is 0 Å². The number of rotatable bonds is 10. The van der Waals surface area contributed by atoms with Crippen LogP contribution in [0.15, 0.2) is 247 Å². The van der Waals surface area contributed by atoms with E-state index in [9.17, 15) is 0 Å². The van der Waals surface area contributed by atoms with Crippen molar-refractivity contribution in [2.24, 2.45) is 0 Å². The molecule has 93 heavy (non-hydrogen) atoms. The van der Waals surface area contributed by atoms with Crippen LogP contribution in [0.5, 0.6) is 0 Å². The van der Waals surface area contributed by atoms with Crippen molar-refractivity contribution in [2.45, 2.75) is 110 Å². The van der Waals surface area contributed by atoms with Gasteiger partial charge in [-0.3, -0.25) is 0 Å². The van der Waals surface area contributed by atoms with Crippen LogP contribution in [0.2, 0.25) is 0 Å². The molecule has 14 aromatic rings. The minimum atomic E-state index is -0.0111. The second-order valence-corrected chi connectivity index (χ2v) is 29.5. The van der Waals surface area contributed by atoms with Crippen molar-refractivity contribution in [1.29, 1.82) is 0 Å². The van der Waals surface area contributed by atoms with Crippen LogP contribution in [0, 0.1) is 6.92 Å². The molecular formula is C87H77BN4O. The van der Waals surface area contributed by atoms with Crippen LogP contribution in [0.4, 0.5) is 45.5 Å². The van der Waals surface area contributed by atoms with Gasteiger partial charge >= 0.3 is 0 Å². The lowest BCUT2D eigenvalue weighted by Gasteiger charge is -2.43. The Morgan fingerprint density at radius 1 is 0.419 bits per heavy atom. The number of hydrogen-bond donors (Lipinski definition) is 1. The number of anilines is 8. The molecule has 0 saturated heterocycles. The molecule has 0 saturated carbocycles. The zero-order valence-electron chi connectivity index (χ0n) is 54.9. The highest BCUT2D eigenvalue weighted by molar-refractivity contribution is 6.73. The van der Waals surface area contributed by atoms with E-state index >= 15 is 0 Å². The van der Waals surface area contributed by atoms with Gasteiger partial charge in [0.1, 0.15) is 11.2 Å². The maximum Gasteiger partial charge on any atom is 0.198 e. The van der Waals surface area contributed by atoms with E-state index in [0.29, 0.717) is 0 Å². The zero-order valence-corrected chi connectivity index (χ0v) is 54.9. The molecule has 454 valence electrons. The molecule has 0 atom stereocenters. The summed E-state index contributed by atoms with van der Waals surface area (Å²) in [5, 5.41) is 11.3. The van der Waals surface area contributed by atoms with Gasteiger partial charge in [-0.2, -0.15) is 0 Å². The van der Waals surface area contributed by atoms with E-state index in [1.165, 1.54) is 88.1 Å². The summed E-state index contributed by atoms with van der Waals surface area (Å²) >= 11 is 0. The number of benzene rings is 12. The molecule has 0 fully saturated rings. The predicted octanol–water partition coefficient (Wildman–Crippen LogP) is 22.6. The van der Waals surface area contributed by atoms with Gasteiger partial charge < -0.3 is 24.1 Å². The van der Waals surface area contributed by atoms with Crippen LogP contribution in [0.25, 0.3) is 82.5 Å². The number of nitrogens with zero attached hydrogens (tertiary/aromatic N) is 3. The Labute approximate surface area is 547 Å². The van der Waals surface area contributed by atoms with Gasteiger partial charge in [0.05, 0.1) is 16.7 Å². The van der Waals surface area contributed by atoms with Crippen molar-refractivity contribution in [3.05, 3.63) is 270 Å². The van der Waals surface area contributed by atoms with Gasteiger partial charge in [0.2, 0.25) is 0 Å². The molecule has 1 N–H and O–H groups in total. The topological polar surface area (TPSA) is 36.6 Å². The van der Waals surface area contributed by atoms with E-state index in [1.807, 2.05) is 0 Å². The molecule has 0 bridgehead atoms. The summed E-state index contributed by atoms with van der Waals surface area (Å²) in [5.74, 6) is 0. The minimum Gasteiger partial charge on any atom is -0.456 e. The first-order valence-corrected chi connectivity index (χ1v) is 33.5. The Bertz CT molecular complexity index is 5330. The van der Waals surface area contributed by atoms with Crippen molar-refractivity contribution in [2.75, 3.05) is 15.1 Å². The third-order valence-electron chi connectivity index (χ3n) is 21.8. The summed E-state index contributed by atoms with van der Waals surface area (Å²) in [7, 11) is 0.740. The van der Waals surface area contributed by atoms with Crippen LogP contribution < -0.4 is 26.0 Å². The van der Waals surface area contributed by atoms with E-state index in [2.05, 4.69) is 325 Å². The number of aromatic nitrogens is 1. The van der Waals surface area contributed by atoms with Crippen molar-refractivity contribution >= 4 is 118 Å². The number of nitrogens with one attached hydrogen (secondary N) is 1. The fourth-order valence-electron chi connectivity index (χ4n) is 16.4. The summed E-state index contributed by atoms with van der Waals surface area (Å²) < 4.78 is 9.36. The fourth-order valence-corrected chi connectivity index (χ4v) is 16.4. The molecule has 0 unspecified atom stereocenters. The standard InChI is InChI=1S/C87H77BN4O/c1-54-23-16-19-32-64(54)57-26-22-31-61(45-57)91(63-37-40-80-67(50-63)65-33-20-21-34-79(65)93-80)78-51-68(82-83-81(78)69-46-55-24-17-18-25-56(55)47-76(69)92(83)77-53-73-72(52-74(77)88-82)86(6,7)43-44-87(73,8)9)66-49-62(90(59-27-12-10-13-28-59)60-29-14-11-15-30-60)36-39-75(66)89-58-35-38-70-71(48-58)85(4,5)42-41-84(70,2)3/h10-40,45-53,88-89H,41-44H2,1-9H3. The Kier molecular flexibility index (Phi) is 12.8. The van der Waals surface area contributed by atoms with E-state index < -0.39 is 0 Å². The second-order valence-electron chi connectivity index (χ2n) is 29.5. The summed E-state index contributed by atoms with van der Waals surface area (Å²) in [6.07, 6.45) is 4.56. The molecule has 12 aromatic carbocycles. The summed E-state index contributed by atoms with van der Waals surface area (Å²) in [6.45, 7) is 21.8. The van der Waals surface area contributed by atoms with E-state index in [1.54, 1.807) is 0 Å². The van der Waals surface area contributed by atoms with Crippen LogP contribution in [-0.4, -0.2) is 11.8 Å². The molecule has 17 rings (SSSR count). The Morgan fingerprint density at radius 2 is 1.01 bits per heavy atom. The lowest BCUT2D eigenvalue weighted by molar-refractivity contribution is 0.332. The number of aryl methyl sites for hydroxylation is 1. The van der Waals surface area contributed by atoms with Crippen molar-refractivity contribution in [3.8, 4) is 27.9 Å². The average molecular weight is 1210 g/mol. The predicted molar refractivity (Wildman–Crippen MR) is 397 cm³/mol. The maximum absolute atomic E-state index is 6.65. The van der Waals surface area contributed by atoms with E-state index in [4.69, 9.17) is 4.42 Å². The highest BCUT2D eigenvalue weighted by Gasteiger charge is 2.41. The van der Waals surface area contributed by atoms with Gasteiger partial charge in [-0.05, 0) is 230 Å². The summed E-state index contributed by atoms with van der Waals surface area (Å²) in [6, 6.07) is 91.3. The van der Waals surface area contributed by atoms with Crippen molar-refractivity contribution in [1.82, 2.24) is 4.57 Å². The van der Waals surface area contributed by atoms with Gasteiger partial charge in [-0.25, -0.2) is 0 Å². The lowest BCUT2D eigenvalue weighted by Crippen LogP contribution is -2.41. The summed E-state index contributed by atoms with van der Waals surface area (Å²) in [5.41, 5.74) is 28.5. The Morgan fingerprint density at radius 3 is 1.74 bits per heavy atom. The maximum atomic E-state index is 6.65. The molecule has 3 heterocycles. The van der Waals surface area contributed by atoms with Gasteiger partial charge in [0, 0.05) is 72.6 Å². The number of hydrogen-bond acceptors (Lipinski definition) is 4. The van der Waals surface area contributed by atoms with E-state index in [-0.39, 0.29) is 21.7 Å². The summed E-state index contributed by atoms with van der Waals surface area (Å²) in [4.78, 5) is 4.99. The van der Waals surface area contributed by atoms with E-state index in [0.717, 1.165) is 112 Å². The molecular weight excluding hydrogens is 1130 g/mol. The average Bonchev–Trinajstić information content (AvgIpc) is 1.54. The van der Waals surface area contributed by atoms with Gasteiger partial charge in [-0.1, -0.05) is 188 Å². The molecule has 2 aliphatic carbocycles. The molecule has 0 amide bonds. The van der Waals surface area contributed by atoms with Crippen LogP contribution in [0.1, 0.15) is 109 Å². The molecule has 3 aliphatic rings. The molecule has 0 radical (unpaired) electrons. The Hall–Kier alpha value is -10.0. The minimum absolute atomic E-state index is 0.00822. The lowest BCUT2D eigenvalue weighted by atomic mass is 9.55. The highest BCUT2D eigenvalue weighted by atomic mass is 16.3. The SMILES string of the molecule is Cc1ccccc1-c1cccc(N(c2ccc3oc4ccccc4c3c2)c2cc(-c3cc(N(c4ccccc4)c4ccccc4)ccc3Nc3ccc4c(c3)C(C)(C)CCC4(C)C)c3c4c2c2cc5ccccc5cc2n4-c2cc4c(cc2B3)C(C)(C)CCC4(C)C)c1. The third-order valence-corrected chi connectivity index (χ3v) is 21.8. The van der Waals surface area contributed by atoms with Crippen LogP contribution >= 0.6 is 0 Å². The third kappa shape index (κ3) is 9.26. The number of fused-ring (bicyclic) bond motifs is 11. The fraction of sp³-hybridized carbons (Fsp3) is 0.195. The van der Waals surface area contributed by atoms with Gasteiger partial charge in [0.15, 0.2) is 7.28 Å². The van der Waals surface area contributed by atoms with Crippen molar-refractivity contribution in [3.63, 3.8) is 0 Å². The molecule has 5 nitrogen and oxygen atoms in total. The van der Waals surface area contributed by atoms with Crippen molar-refractivity contribution < 1.29 is 4.42 Å². The molecule has 2 aromatic heterocycles. The molecule has 6 heteroatoms. The van der Waals surface area contributed by atoms with Gasteiger partial charge in [0.25, 0.3) is 0 Å². The molecule has 1 aliphatic heterocycles.